The molecule has 0 spiro atoms. The van der Waals surface area contributed by atoms with Gasteiger partial charge in [-0.15, -0.1) is 0 Å². The first kappa shape index (κ1) is 21.9. The molecule has 0 radical (unpaired) electrons. The molecule has 0 unspecified atom stereocenters. The summed E-state index contributed by atoms with van der Waals surface area (Å²) in [7, 11) is 1.67. The van der Waals surface area contributed by atoms with Gasteiger partial charge in [0.05, 0.1) is 49.7 Å². The number of aromatic nitrogens is 3. The summed E-state index contributed by atoms with van der Waals surface area (Å²) in [4.78, 5) is 19.5. The number of fused-ring (bicyclic) bond motifs is 1. The summed E-state index contributed by atoms with van der Waals surface area (Å²) in [5.41, 5.74) is 2.54. The summed E-state index contributed by atoms with van der Waals surface area (Å²) >= 11 is 0. The van der Waals surface area contributed by atoms with E-state index >= 15 is 0 Å². The Bertz CT molecular complexity index is 1130. The quantitative estimate of drug-likeness (QED) is 0.599. The van der Waals surface area contributed by atoms with E-state index in [4.69, 9.17) is 29.2 Å². The van der Waals surface area contributed by atoms with E-state index in [1.54, 1.807) is 7.11 Å². The monoisotopic (exact) mass is 449 g/mol. The van der Waals surface area contributed by atoms with Crippen LogP contribution < -0.4 is 14.5 Å². The molecule has 4 heterocycles. The van der Waals surface area contributed by atoms with Crippen molar-refractivity contribution in [3.63, 3.8) is 0 Å². The van der Waals surface area contributed by atoms with Gasteiger partial charge in [-0.2, -0.15) is 9.97 Å². The highest BCUT2D eigenvalue weighted by molar-refractivity contribution is 5.90. The molecule has 0 aliphatic carbocycles. The van der Waals surface area contributed by atoms with E-state index in [9.17, 15) is 0 Å². The SMILES string of the molecule is COc1cccc(-c2ccc3c(N4CCOC[C@@H]4C)nc(N4C[C@@H](C)O[C@@H](C)C4)nc3n2)c1. The maximum Gasteiger partial charge on any atom is 0.229 e. The predicted molar refractivity (Wildman–Crippen MR) is 129 cm³/mol. The molecule has 33 heavy (non-hydrogen) atoms. The molecule has 0 N–H and O–H groups in total. The third kappa shape index (κ3) is 4.45. The van der Waals surface area contributed by atoms with Crippen LogP contribution in [0.25, 0.3) is 22.3 Å². The smallest absolute Gasteiger partial charge is 0.229 e. The number of anilines is 2. The summed E-state index contributed by atoms with van der Waals surface area (Å²) < 4.78 is 17.0. The lowest BCUT2D eigenvalue weighted by molar-refractivity contribution is -0.00570. The fraction of sp³-hybridized carbons (Fsp3) is 0.480. The van der Waals surface area contributed by atoms with Crippen LogP contribution in [0, 0.1) is 0 Å². The second-order valence-electron chi connectivity index (χ2n) is 8.93. The first-order chi connectivity index (χ1) is 16.0. The standard InChI is InChI=1S/C25H31N5O3/c1-16-15-32-11-10-30(16)24-21-8-9-22(19-6-5-7-20(12-19)31-4)26-23(21)27-25(28-24)29-13-17(2)33-18(3)14-29/h5-9,12,16-18H,10-11,13-15H2,1-4H3/t16-,17-,18+/m0/s1. The van der Waals surface area contributed by atoms with Crippen LogP contribution in [0.2, 0.25) is 0 Å². The Kier molecular flexibility index (Phi) is 6.03. The number of benzene rings is 1. The van der Waals surface area contributed by atoms with Crippen LogP contribution in [0.15, 0.2) is 36.4 Å². The van der Waals surface area contributed by atoms with Crippen LogP contribution in [0.5, 0.6) is 5.75 Å². The van der Waals surface area contributed by atoms with Gasteiger partial charge in [-0.05, 0) is 45.0 Å². The molecule has 174 valence electrons. The van der Waals surface area contributed by atoms with Crippen LogP contribution in [-0.4, -0.2) is 73.2 Å². The molecule has 2 aliphatic rings. The van der Waals surface area contributed by atoms with Crippen LogP contribution in [0.1, 0.15) is 20.8 Å². The zero-order chi connectivity index (χ0) is 22.9. The normalized spacial score (nSPS) is 23.7. The van der Waals surface area contributed by atoms with Gasteiger partial charge in [0.25, 0.3) is 0 Å². The van der Waals surface area contributed by atoms with Crippen molar-refractivity contribution in [3.05, 3.63) is 36.4 Å². The van der Waals surface area contributed by atoms with Gasteiger partial charge in [0.2, 0.25) is 5.95 Å². The van der Waals surface area contributed by atoms with Crippen molar-refractivity contribution >= 4 is 22.8 Å². The van der Waals surface area contributed by atoms with Crippen LogP contribution in [0.3, 0.4) is 0 Å². The maximum atomic E-state index is 5.94. The van der Waals surface area contributed by atoms with Gasteiger partial charge >= 0.3 is 0 Å². The molecule has 2 aliphatic heterocycles. The molecule has 2 fully saturated rings. The van der Waals surface area contributed by atoms with Gasteiger partial charge in [-0.1, -0.05) is 12.1 Å². The molecule has 0 saturated carbocycles. The van der Waals surface area contributed by atoms with Crippen LogP contribution in [0.4, 0.5) is 11.8 Å². The van der Waals surface area contributed by atoms with E-state index in [2.05, 4.69) is 36.6 Å². The predicted octanol–water partition coefficient (Wildman–Crippen LogP) is 3.54. The van der Waals surface area contributed by atoms with Crippen LogP contribution in [-0.2, 0) is 9.47 Å². The van der Waals surface area contributed by atoms with E-state index in [1.807, 2.05) is 30.3 Å². The van der Waals surface area contributed by atoms with Crippen molar-refractivity contribution < 1.29 is 14.2 Å². The lowest BCUT2D eigenvalue weighted by Gasteiger charge is -2.37. The summed E-state index contributed by atoms with van der Waals surface area (Å²) in [6.45, 7) is 10.0. The second kappa shape index (κ2) is 9.11. The summed E-state index contributed by atoms with van der Waals surface area (Å²) in [5, 5.41) is 0.952. The fourth-order valence-corrected chi connectivity index (χ4v) is 4.67. The molecule has 3 atom stereocenters. The highest BCUT2D eigenvalue weighted by atomic mass is 16.5. The largest absolute Gasteiger partial charge is 0.497 e. The molecule has 0 amide bonds. The van der Waals surface area contributed by atoms with Gasteiger partial charge in [0, 0.05) is 25.2 Å². The van der Waals surface area contributed by atoms with Crippen molar-refractivity contribution in [2.45, 2.75) is 39.0 Å². The minimum atomic E-state index is 0.120. The third-order valence-corrected chi connectivity index (χ3v) is 6.24. The number of rotatable bonds is 4. The third-order valence-electron chi connectivity index (χ3n) is 6.24. The number of nitrogens with zero attached hydrogens (tertiary/aromatic N) is 5. The fourth-order valence-electron chi connectivity index (χ4n) is 4.67. The van der Waals surface area contributed by atoms with Gasteiger partial charge < -0.3 is 24.0 Å². The van der Waals surface area contributed by atoms with Gasteiger partial charge in [0.15, 0.2) is 5.65 Å². The molecule has 1 aromatic carbocycles. The minimum Gasteiger partial charge on any atom is -0.497 e. The number of methoxy groups -OCH3 is 1. The summed E-state index contributed by atoms with van der Waals surface area (Å²) in [6, 6.07) is 12.3. The highest BCUT2D eigenvalue weighted by Crippen LogP contribution is 2.31. The van der Waals surface area contributed by atoms with E-state index < -0.39 is 0 Å². The van der Waals surface area contributed by atoms with Crippen molar-refractivity contribution in [2.24, 2.45) is 0 Å². The minimum absolute atomic E-state index is 0.120. The number of hydrogen-bond donors (Lipinski definition) is 0. The Balaban J connectivity index is 1.63. The zero-order valence-electron chi connectivity index (χ0n) is 19.7. The van der Waals surface area contributed by atoms with Gasteiger partial charge in [0.1, 0.15) is 11.6 Å². The van der Waals surface area contributed by atoms with Crippen molar-refractivity contribution in [3.8, 4) is 17.0 Å². The van der Waals surface area contributed by atoms with E-state index in [0.717, 1.165) is 47.8 Å². The molecular formula is C25H31N5O3. The molecule has 3 aromatic rings. The molecular weight excluding hydrogens is 418 g/mol. The molecule has 5 rings (SSSR count). The Hall–Kier alpha value is -2.97. The first-order valence-corrected chi connectivity index (χ1v) is 11.6. The van der Waals surface area contributed by atoms with Crippen molar-refractivity contribution in [1.82, 2.24) is 15.0 Å². The summed E-state index contributed by atoms with van der Waals surface area (Å²) in [5.74, 6) is 2.42. The number of morpholine rings is 2. The molecule has 2 saturated heterocycles. The van der Waals surface area contributed by atoms with Gasteiger partial charge in [-0.3, -0.25) is 0 Å². The van der Waals surface area contributed by atoms with Crippen molar-refractivity contribution in [2.75, 3.05) is 49.8 Å². The molecule has 8 nitrogen and oxygen atoms in total. The first-order valence-electron chi connectivity index (χ1n) is 11.6. The Morgan fingerprint density at radius 1 is 1.00 bits per heavy atom. The number of ether oxygens (including phenoxy) is 3. The molecule has 2 aromatic heterocycles. The van der Waals surface area contributed by atoms with E-state index in [1.165, 1.54) is 0 Å². The average molecular weight is 450 g/mol. The topological polar surface area (TPSA) is 72.8 Å². The van der Waals surface area contributed by atoms with Crippen LogP contribution >= 0.6 is 0 Å². The summed E-state index contributed by atoms with van der Waals surface area (Å²) in [6.07, 6.45) is 0.241. The zero-order valence-corrected chi connectivity index (χ0v) is 19.7. The van der Waals surface area contributed by atoms with Crippen molar-refractivity contribution in [1.29, 1.82) is 0 Å². The molecule has 8 heteroatoms. The number of hydrogen-bond acceptors (Lipinski definition) is 8. The van der Waals surface area contributed by atoms with E-state index in [-0.39, 0.29) is 18.2 Å². The molecule has 0 bridgehead atoms. The lowest BCUT2D eigenvalue weighted by atomic mass is 10.1. The second-order valence-corrected chi connectivity index (χ2v) is 8.93. The van der Waals surface area contributed by atoms with E-state index in [0.29, 0.717) is 24.8 Å². The Labute approximate surface area is 194 Å². The average Bonchev–Trinajstić information content (AvgIpc) is 2.83. The van der Waals surface area contributed by atoms with Gasteiger partial charge in [-0.25, -0.2) is 4.98 Å². The maximum absolute atomic E-state index is 5.94. The Morgan fingerprint density at radius 2 is 1.82 bits per heavy atom. The lowest BCUT2D eigenvalue weighted by Crippen LogP contribution is -2.47. The highest BCUT2D eigenvalue weighted by Gasteiger charge is 2.28. The Morgan fingerprint density at radius 3 is 2.58 bits per heavy atom. The number of pyridine rings is 1.